The maximum Gasteiger partial charge on any atom is 0.222 e. The normalized spacial score (nSPS) is 11.5. The number of anilines is 2. The topological polar surface area (TPSA) is 63.8 Å². The Kier molecular flexibility index (Phi) is 6.77. The molecule has 1 aromatic heterocycles. The number of rotatable bonds is 7. The van der Waals surface area contributed by atoms with Crippen LogP contribution in [0.1, 0.15) is 17.5 Å². The van der Waals surface area contributed by atoms with E-state index in [4.69, 9.17) is 17.3 Å². The molecule has 2 aromatic carbocycles. The second-order valence-corrected chi connectivity index (χ2v) is 7.06. The van der Waals surface area contributed by atoms with Crippen LogP contribution in [0.3, 0.4) is 0 Å². The molecule has 4 nitrogen and oxygen atoms in total. The fraction of sp³-hybridized carbons (Fsp3) is 0.182. The van der Waals surface area contributed by atoms with Crippen molar-refractivity contribution in [2.24, 2.45) is 0 Å². The van der Waals surface area contributed by atoms with Gasteiger partial charge in [-0.15, -0.1) is 0 Å². The summed E-state index contributed by atoms with van der Waals surface area (Å²) in [6.45, 7) is 2.17. The zero-order valence-corrected chi connectivity index (χ0v) is 16.7. The molecular weight excluding hydrogens is 394 g/mol. The molecule has 0 radical (unpaired) electrons. The number of hydrogen-bond donors (Lipinski definition) is 2. The van der Waals surface area contributed by atoms with E-state index in [0.29, 0.717) is 41.3 Å². The molecule has 29 heavy (non-hydrogen) atoms. The van der Waals surface area contributed by atoms with Crippen LogP contribution in [-0.4, -0.2) is 16.5 Å². The number of aryl methyl sites for hydroxylation is 1. The standard InChI is InChI=1S/C22H21ClF2N4/c1-14-18(3-2-4-19(14)23)20-11-21(29-22(26)28-20)27-13-16(12-24)6-5-15-7-9-17(25)10-8-15/h2-4,7-12H,5-6,13H2,1H3,(H3,26,27,28,29). The first-order valence-corrected chi connectivity index (χ1v) is 9.50. The van der Waals surface area contributed by atoms with Gasteiger partial charge < -0.3 is 11.1 Å². The Bertz CT molecular complexity index is 1020. The Balaban J connectivity index is 1.68. The number of hydrogen-bond acceptors (Lipinski definition) is 4. The van der Waals surface area contributed by atoms with Crippen LogP contribution in [-0.2, 0) is 6.42 Å². The highest BCUT2D eigenvalue weighted by atomic mass is 35.5. The molecule has 0 fully saturated rings. The second kappa shape index (κ2) is 9.47. The molecule has 0 bridgehead atoms. The van der Waals surface area contributed by atoms with Gasteiger partial charge in [0, 0.05) is 23.2 Å². The van der Waals surface area contributed by atoms with E-state index in [1.54, 1.807) is 18.2 Å². The summed E-state index contributed by atoms with van der Waals surface area (Å²) < 4.78 is 26.3. The van der Waals surface area contributed by atoms with Crippen molar-refractivity contribution in [1.82, 2.24) is 9.97 Å². The zero-order valence-electron chi connectivity index (χ0n) is 15.9. The van der Waals surface area contributed by atoms with E-state index in [9.17, 15) is 8.78 Å². The molecule has 3 aromatic rings. The van der Waals surface area contributed by atoms with E-state index in [1.165, 1.54) is 12.1 Å². The number of nitrogens with zero attached hydrogens (tertiary/aromatic N) is 2. The summed E-state index contributed by atoms with van der Waals surface area (Å²) in [6, 6.07) is 13.5. The maximum absolute atomic E-state index is 13.3. The largest absolute Gasteiger partial charge is 0.368 e. The fourth-order valence-electron chi connectivity index (χ4n) is 2.92. The maximum atomic E-state index is 13.3. The van der Waals surface area contributed by atoms with E-state index in [-0.39, 0.29) is 18.3 Å². The van der Waals surface area contributed by atoms with Gasteiger partial charge in [0.25, 0.3) is 0 Å². The van der Waals surface area contributed by atoms with Crippen molar-refractivity contribution in [2.75, 3.05) is 17.6 Å². The van der Waals surface area contributed by atoms with Crippen LogP contribution in [0.4, 0.5) is 20.5 Å². The third kappa shape index (κ3) is 5.51. The average Bonchev–Trinajstić information content (AvgIpc) is 2.71. The van der Waals surface area contributed by atoms with Crippen molar-refractivity contribution in [1.29, 1.82) is 0 Å². The fourth-order valence-corrected chi connectivity index (χ4v) is 3.10. The molecule has 1 heterocycles. The van der Waals surface area contributed by atoms with Crippen molar-refractivity contribution in [2.45, 2.75) is 19.8 Å². The lowest BCUT2D eigenvalue weighted by molar-refractivity contribution is 0.626. The Labute approximate surface area is 173 Å². The smallest absolute Gasteiger partial charge is 0.222 e. The second-order valence-electron chi connectivity index (χ2n) is 6.66. The van der Waals surface area contributed by atoms with Crippen LogP contribution in [0.5, 0.6) is 0 Å². The third-order valence-electron chi connectivity index (χ3n) is 4.59. The Morgan fingerprint density at radius 1 is 1.17 bits per heavy atom. The lowest BCUT2D eigenvalue weighted by Gasteiger charge is -2.12. The van der Waals surface area contributed by atoms with Crippen LogP contribution >= 0.6 is 11.6 Å². The number of nitrogens with one attached hydrogen (secondary N) is 1. The highest BCUT2D eigenvalue weighted by Gasteiger charge is 2.10. The van der Waals surface area contributed by atoms with Gasteiger partial charge in [-0.3, -0.25) is 0 Å². The lowest BCUT2D eigenvalue weighted by atomic mass is 10.0. The van der Waals surface area contributed by atoms with Gasteiger partial charge in [-0.05, 0) is 54.7 Å². The summed E-state index contributed by atoms with van der Waals surface area (Å²) in [6.07, 6.45) is 1.69. The van der Waals surface area contributed by atoms with Crippen LogP contribution in [0.25, 0.3) is 11.3 Å². The number of benzene rings is 2. The summed E-state index contributed by atoms with van der Waals surface area (Å²) in [5.41, 5.74) is 9.74. The summed E-state index contributed by atoms with van der Waals surface area (Å²) in [4.78, 5) is 8.46. The number of halogens is 3. The summed E-state index contributed by atoms with van der Waals surface area (Å²) in [5, 5.41) is 3.73. The molecule has 0 aliphatic carbocycles. The van der Waals surface area contributed by atoms with Gasteiger partial charge in [0.05, 0.1) is 12.0 Å². The molecule has 0 aliphatic rings. The molecule has 0 atom stereocenters. The molecule has 3 N–H and O–H groups in total. The number of aromatic nitrogens is 2. The van der Waals surface area contributed by atoms with Crippen molar-refractivity contribution in [3.05, 3.63) is 82.4 Å². The minimum Gasteiger partial charge on any atom is -0.368 e. The van der Waals surface area contributed by atoms with Gasteiger partial charge in [0.1, 0.15) is 11.6 Å². The van der Waals surface area contributed by atoms with Gasteiger partial charge >= 0.3 is 0 Å². The molecule has 0 aliphatic heterocycles. The SMILES string of the molecule is Cc1c(Cl)cccc1-c1cc(NCC(=CF)CCc2ccc(F)cc2)nc(N)n1. The molecule has 3 rings (SSSR count). The predicted molar refractivity (Wildman–Crippen MR) is 114 cm³/mol. The summed E-state index contributed by atoms with van der Waals surface area (Å²) >= 11 is 6.20. The molecule has 0 amide bonds. The molecule has 150 valence electrons. The van der Waals surface area contributed by atoms with Gasteiger partial charge in [-0.1, -0.05) is 35.9 Å². The first kappa shape index (κ1) is 20.7. The Hall–Kier alpha value is -2.99. The first-order valence-electron chi connectivity index (χ1n) is 9.12. The van der Waals surface area contributed by atoms with Gasteiger partial charge in [-0.2, -0.15) is 4.98 Å². The summed E-state index contributed by atoms with van der Waals surface area (Å²) in [7, 11) is 0. The lowest BCUT2D eigenvalue weighted by Crippen LogP contribution is -2.09. The highest BCUT2D eigenvalue weighted by molar-refractivity contribution is 6.31. The summed E-state index contributed by atoms with van der Waals surface area (Å²) in [5.74, 6) is 0.318. The van der Waals surface area contributed by atoms with Crippen LogP contribution < -0.4 is 11.1 Å². The van der Waals surface area contributed by atoms with Crippen molar-refractivity contribution in [3.8, 4) is 11.3 Å². The number of nitrogen functional groups attached to an aromatic ring is 1. The number of nitrogens with two attached hydrogens (primary N) is 1. The highest BCUT2D eigenvalue weighted by Crippen LogP contribution is 2.28. The van der Waals surface area contributed by atoms with Gasteiger partial charge in [0.2, 0.25) is 5.95 Å². The average molecular weight is 415 g/mol. The quantitative estimate of drug-likeness (QED) is 0.518. The Morgan fingerprint density at radius 2 is 1.93 bits per heavy atom. The van der Waals surface area contributed by atoms with Crippen LogP contribution in [0.2, 0.25) is 5.02 Å². The molecule has 0 spiro atoms. The van der Waals surface area contributed by atoms with Crippen LogP contribution in [0, 0.1) is 12.7 Å². The minimum absolute atomic E-state index is 0.112. The third-order valence-corrected chi connectivity index (χ3v) is 5.00. The Morgan fingerprint density at radius 3 is 2.66 bits per heavy atom. The molecular formula is C22H21ClF2N4. The van der Waals surface area contributed by atoms with Gasteiger partial charge in [-0.25, -0.2) is 13.8 Å². The van der Waals surface area contributed by atoms with Crippen molar-refractivity contribution >= 4 is 23.4 Å². The van der Waals surface area contributed by atoms with E-state index in [0.717, 1.165) is 16.7 Å². The van der Waals surface area contributed by atoms with Crippen molar-refractivity contribution < 1.29 is 8.78 Å². The van der Waals surface area contributed by atoms with Crippen molar-refractivity contribution in [3.63, 3.8) is 0 Å². The van der Waals surface area contributed by atoms with E-state index in [1.807, 2.05) is 25.1 Å². The zero-order chi connectivity index (χ0) is 20.8. The first-order chi connectivity index (χ1) is 14.0. The molecule has 0 saturated heterocycles. The van der Waals surface area contributed by atoms with E-state index >= 15 is 0 Å². The predicted octanol–water partition coefficient (Wildman–Crippen LogP) is 5.72. The monoisotopic (exact) mass is 414 g/mol. The minimum atomic E-state index is -0.288. The van der Waals surface area contributed by atoms with E-state index < -0.39 is 0 Å². The van der Waals surface area contributed by atoms with Crippen LogP contribution in [0.15, 0.2) is 60.4 Å². The molecule has 0 unspecified atom stereocenters. The van der Waals surface area contributed by atoms with E-state index in [2.05, 4.69) is 15.3 Å². The molecule has 7 heteroatoms. The van der Waals surface area contributed by atoms with Gasteiger partial charge in [0.15, 0.2) is 0 Å². The molecule has 0 saturated carbocycles.